The van der Waals surface area contributed by atoms with Gasteiger partial charge in [0.1, 0.15) is 0 Å². The smallest absolute Gasteiger partial charge is 0.183 e. The minimum absolute atomic E-state index is 0.277. The van der Waals surface area contributed by atoms with Crippen LogP contribution in [0.5, 0.6) is 0 Å². The summed E-state index contributed by atoms with van der Waals surface area (Å²) in [4.78, 5) is 15.4. The van der Waals surface area contributed by atoms with Crippen molar-refractivity contribution in [2.75, 3.05) is 13.1 Å². The summed E-state index contributed by atoms with van der Waals surface area (Å²) >= 11 is 0. The number of hydrogen-bond donors (Lipinski definition) is 0. The van der Waals surface area contributed by atoms with Crippen LogP contribution in [0.3, 0.4) is 0 Å². The van der Waals surface area contributed by atoms with Crippen molar-refractivity contribution < 1.29 is 4.79 Å². The van der Waals surface area contributed by atoms with Crippen LogP contribution in [0.1, 0.15) is 56.5 Å². The third-order valence-electron chi connectivity index (χ3n) is 4.35. The molecule has 0 unspecified atom stereocenters. The van der Waals surface area contributed by atoms with Gasteiger partial charge in [0.2, 0.25) is 0 Å². The first-order chi connectivity index (χ1) is 9.07. The van der Waals surface area contributed by atoms with Gasteiger partial charge in [-0.3, -0.25) is 9.69 Å². The van der Waals surface area contributed by atoms with Gasteiger partial charge in [-0.1, -0.05) is 52.0 Å². The number of carbonyl (C=O) groups is 1. The van der Waals surface area contributed by atoms with Gasteiger partial charge in [-0.15, -0.1) is 0 Å². The quantitative estimate of drug-likeness (QED) is 0.689. The highest BCUT2D eigenvalue weighted by Crippen LogP contribution is 2.29. The summed E-state index contributed by atoms with van der Waals surface area (Å²) < 4.78 is 0. The van der Waals surface area contributed by atoms with Crippen LogP contribution in [-0.4, -0.2) is 29.3 Å². The van der Waals surface area contributed by atoms with E-state index < -0.39 is 0 Å². The van der Waals surface area contributed by atoms with E-state index >= 15 is 0 Å². The second-order valence-electron chi connectivity index (χ2n) is 5.06. The van der Waals surface area contributed by atoms with Crippen LogP contribution >= 0.6 is 0 Å². The van der Waals surface area contributed by atoms with E-state index in [2.05, 4.69) is 32.6 Å². The average molecular weight is 261 g/mol. The van der Waals surface area contributed by atoms with E-state index in [1.165, 1.54) is 0 Å². The van der Waals surface area contributed by atoms with Crippen molar-refractivity contribution in [1.29, 1.82) is 0 Å². The molecule has 2 nitrogen and oxygen atoms in total. The molecule has 2 heteroatoms. The first-order valence-corrected chi connectivity index (χ1v) is 7.42. The molecule has 1 aromatic rings. The molecular formula is C17H27NO. The topological polar surface area (TPSA) is 20.3 Å². The molecule has 0 aliphatic rings. The molecule has 0 atom stereocenters. The minimum Gasteiger partial charge on any atom is -0.292 e. The fourth-order valence-corrected chi connectivity index (χ4v) is 3.07. The summed E-state index contributed by atoms with van der Waals surface area (Å²) in [6.07, 6.45) is 1.72. The first-order valence-electron chi connectivity index (χ1n) is 7.42. The second kappa shape index (κ2) is 6.85. The normalized spacial score (nSPS) is 11.9. The summed E-state index contributed by atoms with van der Waals surface area (Å²) in [5, 5.41) is 0. The minimum atomic E-state index is -0.352. The van der Waals surface area contributed by atoms with Gasteiger partial charge in [0.15, 0.2) is 5.78 Å². The van der Waals surface area contributed by atoms with E-state index in [9.17, 15) is 4.79 Å². The molecule has 0 heterocycles. The standard InChI is InChI=1S/C17H27NO/c1-6-17(7-2,18(8-3)9-4)16(19)15-13-11-10-12-14(15)5/h10-13H,6-9H2,1-5H3. The lowest BCUT2D eigenvalue weighted by Gasteiger charge is -2.41. The molecule has 0 bridgehead atoms. The molecule has 0 saturated heterocycles. The van der Waals surface area contributed by atoms with E-state index in [1.54, 1.807) is 0 Å². The van der Waals surface area contributed by atoms with E-state index in [-0.39, 0.29) is 11.3 Å². The summed E-state index contributed by atoms with van der Waals surface area (Å²) in [6, 6.07) is 7.93. The van der Waals surface area contributed by atoms with Crippen LogP contribution in [0.4, 0.5) is 0 Å². The Bertz CT molecular complexity index is 417. The Kier molecular flexibility index (Phi) is 5.74. The Morgan fingerprint density at radius 1 is 1.05 bits per heavy atom. The van der Waals surface area contributed by atoms with Crippen molar-refractivity contribution in [3.8, 4) is 0 Å². The van der Waals surface area contributed by atoms with Crippen molar-refractivity contribution in [3.05, 3.63) is 35.4 Å². The maximum absolute atomic E-state index is 13.1. The van der Waals surface area contributed by atoms with Crippen molar-refractivity contribution in [2.24, 2.45) is 0 Å². The highest BCUT2D eigenvalue weighted by molar-refractivity contribution is 6.04. The Morgan fingerprint density at radius 2 is 1.58 bits per heavy atom. The van der Waals surface area contributed by atoms with Crippen molar-refractivity contribution in [1.82, 2.24) is 4.90 Å². The van der Waals surface area contributed by atoms with Crippen LogP contribution < -0.4 is 0 Å². The number of benzene rings is 1. The van der Waals surface area contributed by atoms with E-state index in [0.717, 1.165) is 37.1 Å². The molecule has 0 radical (unpaired) electrons. The van der Waals surface area contributed by atoms with E-state index in [0.29, 0.717) is 0 Å². The zero-order valence-electron chi connectivity index (χ0n) is 13.0. The number of likely N-dealkylation sites (N-methyl/N-ethyl adjacent to an activating group) is 1. The lowest BCUT2D eigenvalue weighted by Crippen LogP contribution is -2.54. The lowest BCUT2D eigenvalue weighted by molar-refractivity contribution is 0.0534. The number of ketones is 1. The van der Waals surface area contributed by atoms with Crippen molar-refractivity contribution in [2.45, 2.75) is 53.0 Å². The number of rotatable bonds is 7. The van der Waals surface area contributed by atoms with E-state index in [4.69, 9.17) is 0 Å². The van der Waals surface area contributed by atoms with E-state index in [1.807, 2.05) is 31.2 Å². The summed E-state index contributed by atoms with van der Waals surface area (Å²) in [7, 11) is 0. The van der Waals surface area contributed by atoms with Gasteiger partial charge >= 0.3 is 0 Å². The molecule has 0 aromatic heterocycles. The molecule has 19 heavy (non-hydrogen) atoms. The number of nitrogens with zero attached hydrogens (tertiary/aromatic N) is 1. The van der Waals surface area contributed by atoms with Crippen LogP contribution in [0.2, 0.25) is 0 Å². The number of hydrogen-bond acceptors (Lipinski definition) is 2. The summed E-state index contributed by atoms with van der Waals surface area (Å²) in [5.74, 6) is 0.277. The first kappa shape index (κ1) is 15.9. The number of Topliss-reactive ketones (excluding diaryl/α,β-unsaturated/α-hetero) is 1. The molecule has 0 saturated carbocycles. The molecule has 0 aliphatic carbocycles. The molecule has 1 rings (SSSR count). The molecule has 1 aromatic carbocycles. The zero-order valence-corrected chi connectivity index (χ0v) is 13.0. The predicted molar refractivity (Wildman–Crippen MR) is 81.7 cm³/mol. The Morgan fingerprint density at radius 3 is 2.00 bits per heavy atom. The van der Waals surface area contributed by atoms with Crippen LogP contribution in [0.15, 0.2) is 24.3 Å². The third kappa shape index (κ3) is 2.89. The van der Waals surface area contributed by atoms with Crippen molar-refractivity contribution >= 4 is 5.78 Å². The van der Waals surface area contributed by atoms with Gasteiger partial charge in [0.25, 0.3) is 0 Å². The monoisotopic (exact) mass is 261 g/mol. The molecule has 0 fully saturated rings. The highest BCUT2D eigenvalue weighted by Gasteiger charge is 2.40. The average Bonchev–Trinajstić information content (AvgIpc) is 2.44. The van der Waals surface area contributed by atoms with Gasteiger partial charge in [0, 0.05) is 5.56 Å². The largest absolute Gasteiger partial charge is 0.292 e. The van der Waals surface area contributed by atoms with Crippen LogP contribution in [0.25, 0.3) is 0 Å². The molecular weight excluding hydrogens is 234 g/mol. The zero-order chi connectivity index (χ0) is 14.5. The molecule has 106 valence electrons. The highest BCUT2D eigenvalue weighted by atomic mass is 16.1. The van der Waals surface area contributed by atoms with Crippen LogP contribution in [0, 0.1) is 6.92 Å². The van der Waals surface area contributed by atoms with Gasteiger partial charge in [-0.25, -0.2) is 0 Å². The third-order valence-corrected chi connectivity index (χ3v) is 4.35. The fourth-order valence-electron chi connectivity index (χ4n) is 3.07. The molecule has 0 N–H and O–H groups in total. The lowest BCUT2D eigenvalue weighted by atomic mass is 9.81. The van der Waals surface area contributed by atoms with Gasteiger partial charge in [-0.2, -0.15) is 0 Å². The summed E-state index contributed by atoms with van der Waals surface area (Å²) in [6.45, 7) is 12.4. The maximum atomic E-state index is 13.1. The molecule has 0 aliphatic heterocycles. The summed E-state index contributed by atoms with van der Waals surface area (Å²) in [5.41, 5.74) is 1.60. The maximum Gasteiger partial charge on any atom is 0.183 e. The Labute approximate surface area is 117 Å². The fraction of sp³-hybridized carbons (Fsp3) is 0.588. The Hall–Kier alpha value is -1.15. The predicted octanol–water partition coefficient (Wildman–Crippen LogP) is 4.08. The number of aryl methyl sites for hydroxylation is 1. The Balaban J connectivity index is 3.26. The molecule has 0 amide bonds. The molecule has 0 spiro atoms. The SMILES string of the molecule is CCN(CC)C(CC)(CC)C(=O)c1ccccc1C. The van der Waals surface area contributed by atoms with Gasteiger partial charge in [0.05, 0.1) is 5.54 Å². The second-order valence-corrected chi connectivity index (χ2v) is 5.06. The van der Waals surface area contributed by atoms with Gasteiger partial charge in [-0.05, 0) is 38.4 Å². The van der Waals surface area contributed by atoms with Gasteiger partial charge < -0.3 is 0 Å². The van der Waals surface area contributed by atoms with Crippen molar-refractivity contribution in [3.63, 3.8) is 0 Å². The van der Waals surface area contributed by atoms with Crippen LogP contribution in [-0.2, 0) is 0 Å². The number of carbonyl (C=O) groups excluding carboxylic acids is 1.